The molecule has 2 aliphatic rings. The van der Waals surface area contributed by atoms with Crippen LogP contribution in [0.2, 0.25) is 19.6 Å². The normalized spacial score (nSPS) is 17.7. The molecule has 1 atom stereocenters. The first kappa shape index (κ1) is 25.0. The largest absolute Gasteiger partial charge is 1.00 e. The Morgan fingerprint density at radius 1 is 1.15 bits per heavy atom. The number of hydrogen-bond donors (Lipinski definition) is 0. The summed E-state index contributed by atoms with van der Waals surface area (Å²) in [4.78, 5) is 0. The average molecular weight is 501 g/mol. The van der Waals surface area contributed by atoms with Gasteiger partial charge in [-0.3, -0.25) is 0 Å². The molecule has 3 rings (SSSR count). The molecule has 1 aromatic rings. The molecular weight excluding hydrogens is 470 g/mol. The summed E-state index contributed by atoms with van der Waals surface area (Å²) in [6, 6.07) is 8.96. The van der Waals surface area contributed by atoms with Crippen LogP contribution in [0.25, 0.3) is 6.08 Å². The fourth-order valence-corrected chi connectivity index (χ4v) is 11.7. The third-order valence-electron chi connectivity index (χ3n) is 4.95. The molecule has 0 heterocycles. The van der Waals surface area contributed by atoms with E-state index in [1.165, 1.54) is 18.4 Å². The zero-order chi connectivity index (χ0) is 17.9. The summed E-state index contributed by atoms with van der Waals surface area (Å²) >= 11 is -1.80. The van der Waals surface area contributed by atoms with Gasteiger partial charge in [-0.2, -0.15) is 0 Å². The van der Waals surface area contributed by atoms with E-state index in [-0.39, 0.29) is 24.8 Å². The Hall–Kier alpha value is -0.0500. The van der Waals surface area contributed by atoms with Crippen LogP contribution >= 0.6 is 0 Å². The van der Waals surface area contributed by atoms with Crippen molar-refractivity contribution in [3.63, 3.8) is 0 Å². The topological polar surface area (TPSA) is 9.23 Å². The Balaban J connectivity index is 0.00000182. The number of halogens is 2. The van der Waals surface area contributed by atoms with Gasteiger partial charge in [0, 0.05) is 0 Å². The molecule has 0 bridgehead atoms. The van der Waals surface area contributed by atoms with E-state index in [9.17, 15) is 0 Å². The molecule has 1 aromatic carbocycles. The first-order valence-electron chi connectivity index (χ1n) is 9.46. The molecule has 0 saturated carbocycles. The molecule has 0 aromatic heterocycles. The minimum Gasteiger partial charge on any atom is -1.00 e. The Bertz CT molecular complexity index is 760. The first-order chi connectivity index (χ1) is 12.0. The third kappa shape index (κ3) is 6.47. The van der Waals surface area contributed by atoms with Crippen molar-refractivity contribution in [1.82, 2.24) is 0 Å². The number of fused-ring (bicyclic) bond motifs is 1. The molecule has 0 N–H and O–H groups in total. The fourth-order valence-electron chi connectivity index (χ4n) is 3.79. The van der Waals surface area contributed by atoms with Crippen LogP contribution in [0.4, 0.5) is 0 Å². The summed E-state index contributed by atoms with van der Waals surface area (Å²) in [6.07, 6.45) is 13.1. The van der Waals surface area contributed by atoms with Gasteiger partial charge in [-0.15, -0.1) is 0 Å². The summed E-state index contributed by atoms with van der Waals surface area (Å²) in [5.41, 5.74) is 4.63. The average Bonchev–Trinajstić information content (AvgIpc) is 3.20. The van der Waals surface area contributed by atoms with Crippen LogP contribution in [0.3, 0.4) is 0 Å². The molecule has 0 amide bonds. The van der Waals surface area contributed by atoms with Crippen LogP contribution in [0.15, 0.2) is 51.3 Å². The van der Waals surface area contributed by atoms with Crippen LogP contribution in [0.5, 0.6) is 0 Å². The summed E-state index contributed by atoms with van der Waals surface area (Å²) in [7, 11) is -1.38. The Kier molecular flexibility index (Phi) is 10.4. The van der Waals surface area contributed by atoms with Gasteiger partial charge in [-0.05, 0) is 0 Å². The quantitative estimate of drug-likeness (QED) is 0.380. The van der Waals surface area contributed by atoms with E-state index in [1.54, 1.807) is 11.1 Å². The fraction of sp³-hybridized carbons (Fsp3) is 0.409. The SMILES string of the molecule is C[CH]=[Zr+2]([C]1=C(CCCO[Si](C)(C)C)C=CC1)[CH]1C=Cc2ccccc21.[Cl-].[Cl-]. The van der Waals surface area contributed by atoms with E-state index in [0.717, 1.165) is 13.0 Å². The van der Waals surface area contributed by atoms with Gasteiger partial charge in [0.2, 0.25) is 0 Å². The molecule has 2 aliphatic carbocycles. The molecule has 0 fully saturated rings. The Labute approximate surface area is 186 Å². The van der Waals surface area contributed by atoms with E-state index in [4.69, 9.17) is 4.43 Å². The minimum absolute atomic E-state index is 0. The first-order valence-corrected chi connectivity index (χ1v) is 16.9. The second kappa shape index (κ2) is 11.2. The Morgan fingerprint density at radius 3 is 2.59 bits per heavy atom. The maximum Gasteiger partial charge on any atom is -1.00 e. The van der Waals surface area contributed by atoms with Gasteiger partial charge in [0.15, 0.2) is 0 Å². The van der Waals surface area contributed by atoms with Crippen LogP contribution < -0.4 is 24.8 Å². The molecule has 1 unspecified atom stereocenters. The Morgan fingerprint density at radius 2 is 1.89 bits per heavy atom. The van der Waals surface area contributed by atoms with Gasteiger partial charge in [-0.1, -0.05) is 0 Å². The van der Waals surface area contributed by atoms with Crippen LogP contribution in [-0.2, 0) is 25.7 Å². The zero-order valence-electron chi connectivity index (χ0n) is 16.8. The van der Waals surface area contributed by atoms with Gasteiger partial charge in [0.25, 0.3) is 0 Å². The molecule has 0 spiro atoms. The van der Waals surface area contributed by atoms with E-state index in [2.05, 4.69) is 78.8 Å². The van der Waals surface area contributed by atoms with E-state index >= 15 is 0 Å². The molecule has 5 heteroatoms. The zero-order valence-corrected chi connectivity index (χ0v) is 21.7. The van der Waals surface area contributed by atoms with Crippen molar-refractivity contribution >= 4 is 18.1 Å². The monoisotopic (exact) mass is 498 g/mol. The number of allylic oxidation sites excluding steroid dienone is 5. The minimum atomic E-state index is -1.80. The molecule has 1 nitrogen and oxygen atoms in total. The van der Waals surface area contributed by atoms with Crippen LogP contribution in [0, 0.1) is 0 Å². The van der Waals surface area contributed by atoms with Crippen molar-refractivity contribution in [3.8, 4) is 0 Å². The summed E-state index contributed by atoms with van der Waals surface area (Å²) in [5, 5.41) is 0. The molecule has 146 valence electrons. The molecule has 0 aliphatic heterocycles. The predicted molar refractivity (Wildman–Crippen MR) is 109 cm³/mol. The summed E-state index contributed by atoms with van der Waals surface area (Å²) in [6.45, 7) is 10.0. The molecular formula is C22H30Cl2OSiZr. The van der Waals surface area contributed by atoms with Gasteiger partial charge in [-0.25, -0.2) is 0 Å². The van der Waals surface area contributed by atoms with Gasteiger partial charge in [0.05, 0.1) is 0 Å². The van der Waals surface area contributed by atoms with Crippen molar-refractivity contribution in [1.29, 1.82) is 0 Å². The van der Waals surface area contributed by atoms with Crippen molar-refractivity contribution in [2.45, 2.75) is 49.5 Å². The van der Waals surface area contributed by atoms with Crippen molar-refractivity contribution in [3.05, 3.63) is 62.5 Å². The number of rotatable bonds is 7. The van der Waals surface area contributed by atoms with Gasteiger partial charge in [0.1, 0.15) is 0 Å². The summed E-state index contributed by atoms with van der Waals surface area (Å²) in [5.74, 6) is 0. The molecule has 0 radical (unpaired) electrons. The predicted octanol–water partition coefficient (Wildman–Crippen LogP) is 0.0485. The van der Waals surface area contributed by atoms with Crippen LogP contribution in [-0.4, -0.2) is 18.6 Å². The third-order valence-corrected chi connectivity index (χ3v) is 13.4. The number of hydrogen-bond acceptors (Lipinski definition) is 1. The van der Waals surface area contributed by atoms with Crippen molar-refractivity contribution < 1.29 is 50.5 Å². The smallest absolute Gasteiger partial charge is 1.00 e. The second-order valence-electron chi connectivity index (χ2n) is 7.88. The number of benzene rings is 1. The standard InChI is InChI=1S/C11H19OSi.C9H7.C2H4.2ClH.Zr/c1-13(2,3)12-10-6-9-11-7-4-5-8-11;1-2-5-9-7-3-6-8(9)4-1;1-2;;;/h4,7H,5-6,9-10H2,1-3H3;1-7H;1H,2H3;2*1H;/q;;;;;+2/p-2. The summed E-state index contributed by atoms with van der Waals surface area (Å²) < 4.78 is 11.1. The maximum absolute atomic E-state index is 6.05. The van der Waals surface area contributed by atoms with Crippen molar-refractivity contribution in [2.75, 3.05) is 6.61 Å². The molecule has 27 heavy (non-hydrogen) atoms. The maximum atomic E-state index is 6.05. The van der Waals surface area contributed by atoms with Gasteiger partial charge >= 0.3 is 162 Å². The second-order valence-corrected chi connectivity index (χ2v) is 19.1. The molecule has 0 saturated heterocycles. The van der Waals surface area contributed by atoms with Crippen LogP contribution in [0.1, 0.15) is 40.9 Å². The van der Waals surface area contributed by atoms with Gasteiger partial charge < -0.3 is 24.8 Å². The van der Waals surface area contributed by atoms with E-state index in [1.807, 2.05) is 3.28 Å². The van der Waals surface area contributed by atoms with Crippen molar-refractivity contribution in [2.24, 2.45) is 0 Å². The van der Waals surface area contributed by atoms with E-state index < -0.39 is 29.6 Å². The van der Waals surface area contributed by atoms with E-state index in [0.29, 0.717) is 3.63 Å².